The number of pyridine rings is 1. The molecule has 136 valence electrons. The number of furan rings is 1. The number of rotatable bonds is 4. The molecule has 4 aromatic rings. The Labute approximate surface area is 159 Å². The Morgan fingerprint density at radius 2 is 1.70 bits per heavy atom. The topological polar surface area (TPSA) is 32.5 Å². The zero-order chi connectivity index (χ0) is 18.1. The summed E-state index contributed by atoms with van der Waals surface area (Å²) in [5.74, 6) is 0.978. The van der Waals surface area contributed by atoms with E-state index in [2.05, 4.69) is 57.2 Å². The van der Waals surface area contributed by atoms with Crippen molar-refractivity contribution >= 4 is 27.6 Å². The molecule has 5 rings (SSSR count). The van der Waals surface area contributed by atoms with Gasteiger partial charge in [0.05, 0.1) is 6.26 Å². The first-order valence-corrected chi connectivity index (χ1v) is 9.65. The summed E-state index contributed by atoms with van der Waals surface area (Å²) in [5, 5.41) is 3.84. The molecule has 1 aliphatic rings. The minimum Gasteiger partial charge on any atom is -0.460 e. The van der Waals surface area contributed by atoms with Crippen molar-refractivity contribution in [1.29, 1.82) is 0 Å². The van der Waals surface area contributed by atoms with Gasteiger partial charge in [-0.3, -0.25) is 4.90 Å². The van der Waals surface area contributed by atoms with E-state index in [1.54, 1.807) is 6.26 Å². The summed E-state index contributed by atoms with van der Waals surface area (Å²) < 4.78 is 5.66. The second-order valence-electron chi connectivity index (χ2n) is 7.19. The predicted octanol–water partition coefficient (Wildman–Crippen LogP) is 4.35. The van der Waals surface area contributed by atoms with Crippen LogP contribution >= 0.6 is 0 Å². The molecule has 0 radical (unpaired) electrons. The highest BCUT2D eigenvalue weighted by Crippen LogP contribution is 2.26. The molecular formula is C23H23N3O. The minimum atomic E-state index is 0.904. The van der Waals surface area contributed by atoms with Gasteiger partial charge in [0.15, 0.2) is 11.4 Å². The SMILES string of the molecule is c1ccc2c(CCN3CCN(c4nccc5ccoc45)CC3)cccc2c1. The second kappa shape index (κ2) is 7.05. The third kappa shape index (κ3) is 3.17. The van der Waals surface area contributed by atoms with Gasteiger partial charge in [-0.15, -0.1) is 0 Å². The summed E-state index contributed by atoms with van der Waals surface area (Å²) in [4.78, 5) is 9.47. The maximum absolute atomic E-state index is 5.66. The van der Waals surface area contributed by atoms with E-state index in [1.807, 2.05) is 18.3 Å². The fourth-order valence-electron chi connectivity index (χ4n) is 4.08. The van der Waals surface area contributed by atoms with Crippen LogP contribution in [0.2, 0.25) is 0 Å². The molecule has 2 aromatic heterocycles. The van der Waals surface area contributed by atoms with Gasteiger partial charge < -0.3 is 9.32 Å². The summed E-state index contributed by atoms with van der Waals surface area (Å²) in [5.41, 5.74) is 2.35. The molecule has 0 amide bonds. The highest BCUT2D eigenvalue weighted by atomic mass is 16.3. The molecule has 3 heterocycles. The highest BCUT2D eigenvalue weighted by Gasteiger charge is 2.20. The largest absolute Gasteiger partial charge is 0.460 e. The molecule has 27 heavy (non-hydrogen) atoms. The van der Waals surface area contributed by atoms with Gasteiger partial charge in [0.1, 0.15) is 0 Å². The van der Waals surface area contributed by atoms with Gasteiger partial charge in [-0.25, -0.2) is 4.98 Å². The Hall–Kier alpha value is -2.85. The standard InChI is InChI=1S/C23H23N3O/c1-2-7-21-18(4-1)5-3-6-19(21)9-12-25-13-15-26(16-14-25)23-22-20(8-11-24-23)10-17-27-22/h1-8,10-11,17H,9,12-16H2. The first-order valence-electron chi connectivity index (χ1n) is 9.65. The van der Waals surface area contributed by atoms with E-state index in [4.69, 9.17) is 4.42 Å². The quantitative estimate of drug-likeness (QED) is 0.544. The molecule has 0 atom stereocenters. The van der Waals surface area contributed by atoms with E-state index >= 15 is 0 Å². The van der Waals surface area contributed by atoms with Crippen molar-refractivity contribution in [3.63, 3.8) is 0 Å². The molecule has 0 unspecified atom stereocenters. The zero-order valence-corrected chi connectivity index (χ0v) is 15.3. The average Bonchev–Trinajstić information content (AvgIpc) is 3.22. The molecule has 0 N–H and O–H groups in total. The second-order valence-corrected chi connectivity index (χ2v) is 7.19. The van der Waals surface area contributed by atoms with Gasteiger partial charge in [0, 0.05) is 44.3 Å². The van der Waals surface area contributed by atoms with Crippen LogP contribution in [-0.2, 0) is 6.42 Å². The zero-order valence-electron chi connectivity index (χ0n) is 15.3. The van der Waals surface area contributed by atoms with Gasteiger partial charge in [0.2, 0.25) is 0 Å². The Balaban J connectivity index is 1.24. The smallest absolute Gasteiger partial charge is 0.176 e. The van der Waals surface area contributed by atoms with Gasteiger partial charge in [-0.2, -0.15) is 0 Å². The molecule has 1 aliphatic heterocycles. The van der Waals surface area contributed by atoms with E-state index in [0.29, 0.717) is 0 Å². The van der Waals surface area contributed by atoms with Gasteiger partial charge in [-0.1, -0.05) is 42.5 Å². The Morgan fingerprint density at radius 1 is 0.852 bits per heavy atom. The Morgan fingerprint density at radius 3 is 2.63 bits per heavy atom. The predicted molar refractivity (Wildman–Crippen MR) is 110 cm³/mol. The summed E-state index contributed by atoms with van der Waals surface area (Å²) in [6, 6.07) is 19.3. The lowest BCUT2D eigenvalue weighted by molar-refractivity contribution is 0.260. The van der Waals surface area contributed by atoms with Crippen molar-refractivity contribution in [2.75, 3.05) is 37.6 Å². The molecular weight excluding hydrogens is 334 g/mol. The van der Waals surface area contributed by atoms with Crippen LogP contribution in [0.5, 0.6) is 0 Å². The van der Waals surface area contributed by atoms with Crippen molar-refractivity contribution in [3.8, 4) is 0 Å². The van der Waals surface area contributed by atoms with Crippen molar-refractivity contribution in [1.82, 2.24) is 9.88 Å². The molecule has 1 fully saturated rings. The number of nitrogens with zero attached hydrogens (tertiary/aromatic N) is 3. The number of benzene rings is 2. The van der Waals surface area contributed by atoms with Crippen molar-refractivity contribution in [2.24, 2.45) is 0 Å². The molecule has 0 spiro atoms. The van der Waals surface area contributed by atoms with Gasteiger partial charge >= 0.3 is 0 Å². The van der Waals surface area contributed by atoms with Crippen LogP contribution in [0.25, 0.3) is 21.7 Å². The summed E-state index contributed by atoms with van der Waals surface area (Å²) >= 11 is 0. The molecule has 2 aromatic carbocycles. The van der Waals surface area contributed by atoms with Crippen molar-refractivity contribution < 1.29 is 4.42 Å². The fourth-order valence-corrected chi connectivity index (χ4v) is 4.08. The van der Waals surface area contributed by atoms with E-state index in [0.717, 1.165) is 55.9 Å². The molecule has 0 saturated carbocycles. The maximum atomic E-state index is 5.66. The fraction of sp³-hybridized carbons (Fsp3) is 0.261. The van der Waals surface area contributed by atoms with Gasteiger partial charge in [-0.05, 0) is 34.9 Å². The third-order valence-electron chi connectivity index (χ3n) is 5.60. The van der Waals surface area contributed by atoms with E-state index in [1.165, 1.54) is 16.3 Å². The molecule has 4 nitrogen and oxygen atoms in total. The number of hydrogen-bond donors (Lipinski definition) is 0. The summed E-state index contributed by atoms with van der Waals surface area (Å²) in [6.07, 6.45) is 4.71. The van der Waals surface area contributed by atoms with Crippen LogP contribution in [0.1, 0.15) is 5.56 Å². The van der Waals surface area contributed by atoms with E-state index in [-0.39, 0.29) is 0 Å². The Bertz CT molecular complexity index is 1060. The first kappa shape index (κ1) is 16.3. The Kier molecular flexibility index (Phi) is 4.26. The molecule has 1 saturated heterocycles. The monoisotopic (exact) mass is 357 g/mol. The van der Waals surface area contributed by atoms with Crippen LogP contribution in [0.15, 0.2) is 71.5 Å². The van der Waals surface area contributed by atoms with Crippen molar-refractivity contribution in [2.45, 2.75) is 6.42 Å². The van der Waals surface area contributed by atoms with Crippen LogP contribution in [0.3, 0.4) is 0 Å². The number of aromatic nitrogens is 1. The molecule has 4 heteroatoms. The highest BCUT2D eigenvalue weighted by molar-refractivity contribution is 5.87. The first-order chi connectivity index (χ1) is 13.4. The normalized spacial score (nSPS) is 15.6. The lowest BCUT2D eigenvalue weighted by Gasteiger charge is -2.35. The van der Waals surface area contributed by atoms with E-state index in [9.17, 15) is 0 Å². The number of fused-ring (bicyclic) bond motifs is 2. The number of hydrogen-bond acceptors (Lipinski definition) is 4. The molecule has 0 bridgehead atoms. The van der Waals surface area contributed by atoms with Crippen molar-refractivity contribution in [3.05, 3.63) is 72.6 Å². The third-order valence-corrected chi connectivity index (χ3v) is 5.60. The van der Waals surface area contributed by atoms with E-state index < -0.39 is 0 Å². The lowest BCUT2D eigenvalue weighted by Crippen LogP contribution is -2.47. The van der Waals surface area contributed by atoms with Crippen LogP contribution in [0.4, 0.5) is 5.82 Å². The minimum absolute atomic E-state index is 0.904. The lowest BCUT2D eigenvalue weighted by atomic mass is 10.0. The number of piperazine rings is 1. The van der Waals surface area contributed by atoms with Crippen LogP contribution < -0.4 is 4.90 Å². The van der Waals surface area contributed by atoms with Crippen LogP contribution in [0, 0.1) is 0 Å². The average molecular weight is 357 g/mol. The van der Waals surface area contributed by atoms with Gasteiger partial charge in [0.25, 0.3) is 0 Å². The summed E-state index contributed by atoms with van der Waals surface area (Å²) in [6.45, 7) is 5.19. The van der Waals surface area contributed by atoms with Crippen LogP contribution in [-0.4, -0.2) is 42.6 Å². The maximum Gasteiger partial charge on any atom is 0.176 e. The number of anilines is 1. The molecule has 0 aliphatic carbocycles. The summed E-state index contributed by atoms with van der Waals surface area (Å²) in [7, 11) is 0.